The summed E-state index contributed by atoms with van der Waals surface area (Å²) in [6.45, 7) is 30.6. The summed E-state index contributed by atoms with van der Waals surface area (Å²) in [5.41, 5.74) is 9.71. The van der Waals surface area contributed by atoms with Crippen molar-refractivity contribution in [2.24, 2.45) is 10.8 Å². The third-order valence-electron chi connectivity index (χ3n) is 5.12. The fraction of sp³-hybridized carbons (Fsp3) is 0.542. The number of allylic oxidation sites excluding steroid dienone is 9. The topological polar surface area (TPSA) is 0 Å². The molecule has 0 aromatic heterocycles. The van der Waals surface area contributed by atoms with Crippen LogP contribution >= 0.6 is 12.4 Å². The van der Waals surface area contributed by atoms with E-state index in [4.69, 9.17) is 0 Å². The van der Waals surface area contributed by atoms with Gasteiger partial charge in [-0.3, -0.25) is 12.2 Å². The first kappa shape index (κ1) is 30.6. The van der Waals surface area contributed by atoms with E-state index in [0.717, 1.165) is 5.57 Å². The van der Waals surface area contributed by atoms with Crippen molar-refractivity contribution in [2.75, 3.05) is 0 Å². The Kier molecular flexibility index (Phi) is 13.8. The van der Waals surface area contributed by atoms with E-state index in [-0.39, 0.29) is 54.4 Å². The van der Waals surface area contributed by atoms with E-state index in [2.05, 4.69) is 94.9 Å². The molecule has 2 heteroatoms. The molecule has 0 fully saturated rings. The van der Waals surface area contributed by atoms with Gasteiger partial charge in [0.2, 0.25) is 0 Å². The molecular weight excluding hydrogens is 562 g/mol. The SMILES string of the molecule is C=C([CH2-])C.CC1=[C-]C(C)(C)C(C)=C1C.CC1=[C-]C(C)(C)C(C)=C1C.Cl.[U+3]. The van der Waals surface area contributed by atoms with Gasteiger partial charge in [0.1, 0.15) is 0 Å². The molecule has 0 saturated carbocycles. The molecule has 0 spiro atoms. The van der Waals surface area contributed by atoms with Crippen molar-refractivity contribution in [1.29, 1.82) is 0 Å². The van der Waals surface area contributed by atoms with Crippen LogP contribution in [0.5, 0.6) is 0 Å². The fourth-order valence-corrected chi connectivity index (χ4v) is 2.81. The standard InChI is InChI=1S/2C10H15.C4H7.ClH.U/c2*1-7-6-10(4,5)9(3)8(7)2;1-4(2)3;;/h2*1-5H3;1-2H2,3H3;1H;/q3*-1;;+3. The maximum atomic E-state index is 3.44. The molecule has 0 heterocycles. The Bertz CT molecular complexity index is 569. The zero-order chi connectivity index (χ0) is 19.5. The number of rotatable bonds is 0. The molecule has 0 aromatic rings. The van der Waals surface area contributed by atoms with Gasteiger partial charge in [0.15, 0.2) is 0 Å². The Hall–Kier alpha value is -0.0881. The predicted octanol–water partition coefficient (Wildman–Crippen LogP) is 8.04. The summed E-state index contributed by atoms with van der Waals surface area (Å²) >= 11 is 0. The Labute approximate surface area is 194 Å². The normalized spacial score (nSPS) is 19.0. The molecule has 0 amide bonds. The van der Waals surface area contributed by atoms with E-state index in [0.29, 0.717) is 0 Å². The summed E-state index contributed by atoms with van der Waals surface area (Å²) in [6.07, 6.45) is 6.87. The minimum atomic E-state index is 0. The van der Waals surface area contributed by atoms with Crippen molar-refractivity contribution in [2.45, 2.75) is 76.2 Å². The number of halogens is 1. The second-order valence-electron chi connectivity index (χ2n) is 8.21. The average molecular weight is 600 g/mol. The van der Waals surface area contributed by atoms with E-state index >= 15 is 0 Å². The van der Waals surface area contributed by atoms with Crippen LogP contribution in [0, 0.1) is 61.0 Å². The molecule has 1 radical (unpaired) electrons. The van der Waals surface area contributed by atoms with Crippen LogP contribution in [0.1, 0.15) is 76.2 Å². The molecule has 0 bridgehead atoms. The van der Waals surface area contributed by atoms with Crippen LogP contribution in [0.25, 0.3) is 0 Å². The molecule has 0 nitrogen and oxygen atoms in total. The van der Waals surface area contributed by atoms with Crippen LogP contribution in [0.3, 0.4) is 0 Å². The van der Waals surface area contributed by atoms with Crippen molar-refractivity contribution in [3.8, 4) is 0 Å². The maximum absolute atomic E-state index is 3.44. The molecule has 2 aliphatic carbocycles. The molecular formula is C24H38ClU. The number of hydrogen-bond donors (Lipinski definition) is 0. The van der Waals surface area contributed by atoms with Crippen LogP contribution in [0.4, 0.5) is 0 Å². The van der Waals surface area contributed by atoms with Gasteiger partial charge >= 0.3 is 31.1 Å². The Morgan fingerprint density at radius 3 is 1.00 bits per heavy atom. The van der Waals surface area contributed by atoms with Gasteiger partial charge in [-0.05, 0) is 0 Å². The van der Waals surface area contributed by atoms with Gasteiger partial charge in [0, 0.05) is 0 Å². The molecule has 0 aliphatic heterocycles. The molecule has 2 aliphatic rings. The molecule has 0 unspecified atom stereocenters. The van der Waals surface area contributed by atoms with E-state index in [1.165, 1.54) is 33.4 Å². The largest absolute Gasteiger partial charge is 3.00 e. The van der Waals surface area contributed by atoms with Crippen molar-refractivity contribution in [3.05, 3.63) is 64.7 Å². The summed E-state index contributed by atoms with van der Waals surface area (Å²) in [7, 11) is 0. The van der Waals surface area contributed by atoms with Gasteiger partial charge in [-0.15, -0.1) is 26.3 Å². The molecule has 0 N–H and O–H groups in total. The van der Waals surface area contributed by atoms with Crippen molar-refractivity contribution in [1.82, 2.24) is 0 Å². The predicted molar refractivity (Wildman–Crippen MR) is 117 cm³/mol. The minimum Gasteiger partial charge on any atom is -0.263 e. The summed E-state index contributed by atoms with van der Waals surface area (Å²) in [6, 6.07) is 0. The monoisotopic (exact) mass is 599 g/mol. The second kappa shape index (κ2) is 11.7. The van der Waals surface area contributed by atoms with Crippen molar-refractivity contribution < 1.29 is 31.1 Å². The fourth-order valence-electron chi connectivity index (χ4n) is 2.81. The van der Waals surface area contributed by atoms with Crippen LogP contribution < -0.4 is 0 Å². The van der Waals surface area contributed by atoms with Crippen molar-refractivity contribution >= 4 is 12.4 Å². The van der Waals surface area contributed by atoms with Gasteiger partial charge < -0.3 is 0 Å². The zero-order valence-corrected chi connectivity index (χ0v) is 23.8. The van der Waals surface area contributed by atoms with E-state index in [1.807, 2.05) is 6.92 Å². The summed E-state index contributed by atoms with van der Waals surface area (Å²) in [5.74, 6) is 0. The second-order valence-corrected chi connectivity index (χ2v) is 8.21. The first-order valence-corrected chi connectivity index (χ1v) is 8.71. The third-order valence-corrected chi connectivity index (χ3v) is 5.12. The average Bonchev–Trinajstić information content (AvgIpc) is 2.69. The van der Waals surface area contributed by atoms with Gasteiger partial charge in [-0.2, -0.15) is 22.3 Å². The van der Waals surface area contributed by atoms with E-state index in [9.17, 15) is 0 Å². The molecule has 0 aromatic carbocycles. The first-order chi connectivity index (χ1) is 10.6. The van der Waals surface area contributed by atoms with Crippen LogP contribution in [-0.2, 0) is 0 Å². The molecule has 26 heavy (non-hydrogen) atoms. The van der Waals surface area contributed by atoms with Crippen LogP contribution in [0.15, 0.2) is 45.6 Å². The molecule has 2 rings (SSSR count). The van der Waals surface area contributed by atoms with Crippen LogP contribution in [0.2, 0.25) is 0 Å². The Morgan fingerprint density at radius 2 is 0.962 bits per heavy atom. The quantitative estimate of drug-likeness (QED) is 0.247. The molecule has 0 saturated heterocycles. The van der Waals surface area contributed by atoms with Crippen LogP contribution in [-0.4, -0.2) is 0 Å². The van der Waals surface area contributed by atoms with Gasteiger partial charge in [-0.25, -0.2) is 30.2 Å². The molecule has 0 atom stereocenters. The summed E-state index contributed by atoms with van der Waals surface area (Å²) in [4.78, 5) is 0. The maximum Gasteiger partial charge on any atom is 3.00 e. The zero-order valence-electron chi connectivity index (χ0n) is 18.8. The van der Waals surface area contributed by atoms with Crippen molar-refractivity contribution in [3.63, 3.8) is 0 Å². The van der Waals surface area contributed by atoms with E-state index < -0.39 is 0 Å². The summed E-state index contributed by atoms with van der Waals surface area (Å²) < 4.78 is 0. The van der Waals surface area contributed by atoms with Gasteiger partial charge in [-0.1, -0.05) is 73.1 Å². The Morgan fingerprint density at radius 1 is 0.769 bits per heavy atom. The molecule has 145 valence electrons. The minimum absolute atomic E-state index is 0. The summed E-state index contributed by atoms with van der Waals surface area (Å²) in [5, 5.41) is 0. The number of hydrogen-bond acceptors (Lipinski definition) is 0. The first-order valence-electron chi connectivity index (χ1n) is 8.71. The van der Waals surface area contributed by atoms with E-state index in [1.54, 1.807) is 0 Å². The van der Waals surface area contributed by atoms with Gasteiger partial charge in [0.25, 0.3) is 0 Å². The van der Waals surface area contributed by atoms with Gasteiger partial charge in [0.05, 0.1) is 0 Å². The third kappa shape index (κ3) is 8.73. The Balaban J connectivity index is -0.000000319. The smallest absolute Gasteiger partial charge is 0.263 e.